The number of anilines is 1. The van der Waals surface area contributed by atoms with Gasteiger partial charge in [-0.1, -0.05) is 6.07 Å². The third-order valence-corrected chi connectivity index (χ3v) is 5.80. The van der Waals surface area contributed by atoms with Gasteiger partial charge in [-0.3, -0.25) is 4.57 Å². The van der Waals surface area contributed by atoms with Crippen LogP contribution < -0.4 is 10.6 Å². The van der Waals surface area contributed by atoms with E-state index >= 15 is 0 Å². The molecule has 4 heterocycles. The smallest absolute Gasteiger partial charge is 0.168 e. The highest BCUT2D eigenvalue weighted by atomic mass is 19.1. The maximum Gasteiger partial charge on any atom is 0.168 e. The van der Waals surface area contributed by atoms with E-state index in [0.29, 0.717) is 28.4 Å². The standard InChI is InChI=1S/C24H22FN7/c1-15-4-7-21(29-13-15)32-23(16-5-6-17(12-26)19(25)11-16)30-22-20(8-9-28-24(22)32)31-10-2-3-18(27)14-31/h4-9,11,13,18H,2-3,10,14,27H2,1H3. The van der Waals surface area contributed by atoms with Crippen LogP contribution in [-0.4, -0.2) is 38.7 Å². The van der Waals surface area contributed by atoms with Gasteiger partial charge in [0.2, 0.25) is 0 Å². The lowest BCUT2D eigenvalue weighted by atomic mass is 10.1. The first-order chi connectivity index (χ1) is 15.5. The Morgan fingerprint density at radius 1 is 1.19 bits per heavy atom. The lowest BCUT2D eigenvalue weighted by Crippen LogP contribution is -2.42. The minimum Gasteiger partial charge on any atom is -0.368 e. The van der Waals surface area contributed by atoms with Gasteiger partial charge >= 0.3 is 0 Å². The molecule has 1 saturated heterocycles. The Bertz CT molecular complexity index is 1340. The summed E-state index contributed by atoms with van der Waals surface area (Å²) < 4.78 is 16.3. The number of hydrogen-bond acceptors (Lipinski definition) is 6. The van der Waals surface area contributed by atoms with E-state index in [1.54, 1.807) is 18.5 Å². The van der Waals surface area contributed by atoms with Crippen LogP contribution in [-0.2, 0) is 0 Å². The quantitative estimate of drug-likeness (QED) is 0.535. The second kappa shape index (κ2) is 8.02. The van der Waals surface area contributed by atoms with Crippen LogP contribution in [0.2, 0.25) is 0 Å². The number of imidazole rings is 1. The van der Waals surface area contributed by atoms with E-state index in [1.165, 1.54) is 12.1 Å². The summed E-state index contributed by atoms with van der Waals surface area (Å²) in [5.41, 5.74) is 10.1. The lowest BCUT2D eigenvalue weighted by Gasteiger charge is -2.32. The molecule has 1 aliphatic rings. The van der Waals surface area contributed by atoms with Gasteiger partial charge in [0.1, 0.15) is 29.0 Å². The largest absolute Gasteiger partial charge is 0.368 e. The van der Waals surface area contributed by atoms with Crippen molar-refractivity contribution < 1.29 is 4.39 Å². The summed E-state index contributed by atoms with van der Waals surface area (Å²) in [5, 5.41) is 9.11. The van der Waals surface area contributed by atoms with Crippen molar-refractivity contribution in [3.63, 3.8) is 0 Å². The summed E-state index contributed by atoms with van der Waals surface area (Å²) in [5.74, 6) is 0.564. The van der Waals surface area contributed by atoms with Crippen molar-refractivity contribution in [2.45, 2.75) is 25.8 Å². The van der Waals surface area contributed by atoms with E-state index < -0.39 is 5.82 Å². The number of hydrogen-bond donors (Lipinski definition) is 1. The molecule has 160 valence electrons. The molecule has 3 aromatic heterocycles. The van der Waals surface area contributed by atoms with Crippen molar-refractivity contribution in [3.8, 4) is 23.3 Å². The van der Waals surface area contributed by atoms with E-state index in [2.05, 4.69) is 14.9 Å². The molecule has 7 nitrogen and oxygen atoms in total. The summed E-state index contributed by atoms with van der Waals surface area (Å²) >= 11 is 0. The molecule has 32 heavy (non-hydrogen) atoms. The SMILES string of the molecule is Cc1ccc(-n2c(-c3ccc(C#N)c(F)c3)nc3c(N4CCCC(N)C4)ccnc32)nc1. The van der Waals surface area contributed by atoms with Crippen LogP contribution >= 0.6 is 0 Å². The zero-order chi connectivity index (χ0) is 22.2. The van der Waals surface area contributed by atoms with E-state index in [1.807, 2.05) is 35.8 Å². The molecule has 0 aliphatic carbocycles. The first-order valence-corrected chi connectivity index (χ1v) is 10.6. The molecule has 2 N–H and O–H groups in total. The fraction of sp³-hybridized carbons (Fsp3) is 0.250. The highest BCUT2D eigenvalue weighted by Gasteiger charge is 2.24. The molecular weight excluding hydrogens is 405 g/mol. The van der Waals surface area contributed by atoms with E-state index in [4.69, 9.17) is 16.0 Å². The van der Waals surface area contributed by atoms with Crippen LogP contribution in [0.4, 0.5) is 10.1 Å². The van der Waals surface area contributed by atoms with E-state index in [-0.39, 0.29) is 11.6 Å². The fourth-order valence-corrected chi connectivity index (χ4v) is 4.19. The summed E-state index contributed by atoms with van der Waals surface area (Å²) in [4.78, 5) is 16.3. The van der Waals surface area contributed by atoms with Crippen molar-refractivity contribution in [1.82, 2.24) is 19.5 Å². The van der Waals surface area contributed by atoms with Crippen LogP contribution in [0.3, 0.4) is 0 Å². The highest BCUT2D eigenvalue weighted by Crippen LogP contribution is 2.33. The predicted molar refractivity (Wildman–Crippen MR) is 121 cm³/mol. The number of halogens is 1. The number of nitrogens with two attached hydrogens (primary N) is 1. The number of nitriles is 1. The Kier molecular flexibility index (Phi) is 5.04. The summed E-state index contributed by atoms with van der Waals surface area (Å²) in [7, 11) is 0. The van der Waals surface area contributed by atoms with Gasteiger partial charge in [0.15, 0.2) is 5.65 Å². The Hall–Kier alpha value is -3.83. The Morgan fingerprint density at radius 2 is 2.06 bits per heavy atom. The first kappa shape index (κ1) is 20.1. The molecule has 4 aromatic rings. The lowest BCUT2D eigenvalue weighted by molar-refractivity contribution is 0.507. The fourth-order valence-electron chi connectivity index (χ4n) is 4.19. The third kappa shape index (κ3) is 3.47. The van der Waals surface area contributed by atoms with Gasteiger partial charge in [-0.25, -0.2) is 19.3 Å². The second-order valence-corrected chi connectivity index (χ2v) is 8.12. The minimum atomic E-state index is -0.587. The van der Waals surface area contributed by atoms with Gasteiger partial charge in [0.05, 0.1) is 11.3 Å². The number of fused-ring (bicyclic) bond motifs is 1. The number of rotatable bonds is 3. The molecule has 1 aliphatic heterocycles. The van der Waals surface area contributed by atoms with Crippen LogP contribution in [0.5, 0.6) is 0 Å². The second-order valence-electron chi connectivity index (χ2n) is 8.12. The van der Waals surface area contributed by atoms with E-state index in [9.17, 15) is 4.39 Å². The average molecular weight is 427 g/mol. The van der Waals surface area contributed by atoms with Gasteiger partial charge in [-0.05, 0) is 55.7 Å². The van der Waals surface area contributed by atoms with Crippen molar-refractivity contribution in [3.05, 3.63) is 65.7 Å². The zero-order valence-corrected chi connectivity index (χ0v) is 17.7. The van der Waals surface area contributed by atoms with Crippen LogP contribution in [0.25, 0.3) is 28.4 Å². The molecule has 1 aromatic carbocycles. The molecule has 8 heteroatoms. The number of aromatic nitrogens is 4. The Labute approximate surface area is 185 Å². The van der Waals surface area contributed by atoms with Gasteiger partial charge in [-0.2, -0.15) is 5.26 Å². The molecule has 1 unspecified atom stereocenters. The van der Waals surface area contributed by atoms with Crippen molar-refractivity contribution in [2.75, 3.05) is 18.0 Å². The molecule has 1 atom stereocenters. The molecule has 1 fully saturated rings. The van der Waals surface area contributed by atoms with Crippen molar-refractivity contribution in [2.24, 2.45) is 5.73 Å². The number of aryl methyl sites for hydroxylation is 1. The monoisotopic (exact) mass is 427 g/mol. The van der Waals surface area contributed by atoms with Crippen LogP contribution in [0.1, 0.15) is 24.0 Å². The number of benzene rings is 1. The maximum absolute atomic E-state index is 14.5. The van der Waals surface area contributed by atoms with Gasteiger partial charge in [0.25, 0.3) is 0 Å². The predicted octanol–water partition coefficient (Wildman–Crippen LogP) is 3.73. The topological polar surface area (TPSA) is 96.7 Å². The maximum atomic E-state index is 14.5. The minimum absolute atomic E-state index is 0.00834. The van der Waals surface area contributed by atoms with E-state index in [0.717, 1.165) is 37.2 Å². The zero-order valence-electron chi connectivity index (χ0n) is 17.7. The van der Waals surface area contributed by atoms with Crippen molar-refractivity contribution >= 4 is 16.9 Å². The van der Waals surface area contributed by atoms with Gasteiger partial charge < -0.3 is 10.6 Å². The summed E-state index contributed by atoms with van der Waals surface area (Å²) in [6, 6.07) is 12.3. The molecule has 0 spiro atoms. The van der Waals surface area contributed by atoms with Gasteiger partial charge in [0, 0.05) is 37.1 Å². The van der Waals surface area contributed by atoms with Crippen molar-refractivity contribution in [1.29, 1.82) is 5.26 Å². The summed E-state index contributed by atoms with van der Waals surface area (Å²) in [6.07, 6.45) is 5.55. The number of piperidine rings is 1. The third-order valence-electron chi connectivity index (χ3n) is 5.80. The molecule has 0 bridgehead atoms. The summed E-state index contributed by atoms with van der Waals surface area (Å²) in [6.45, 7) is 3.61. The Balaban J connectivity index is 1.75. The molecule has 0 radical (unpaired) electrons. The molecule has 0 amide bonds. The number of nitrogens with zero attached hydrogens (tertiary/aromatic N) is 6. The average Bonchev–Trinajstić information content (AvgIpc) is 3.19. The highest BCUT2D eigenvalue weighted by molar-refractivity contribution is 5.90. The van der Waals surface area contributed by atoms with Crippen LogP contribution in [0.15, 0.2) is 48.8 Å². The molecule has 0 saturated carbocycles. The molecule has 5 rings (SSSR count). The van der Waals surface area contributed by atoms with Crippen LogP contribution in [0, 0.1) is 24.1 Å². The normalized spacial score (nSPS) is 16.3. The molecular formula is C24H22FN7. The first-order valence-electron chi connectivity index (χ1n) is 10.6. The Morgan fingerprint density at radius 3 is 2.78 bits per heavy atom. The number of pyridine rings is 2. The van der Waals surface area contributed by atoms with Gasteiger partial charge in [-0.15, -0.1) is 0 Å².